The molecule has 0 spiro atoms. The van der Waals surface area contributed by atoms with E-state index in [1.165, 1.54) is 25.7 Å². The van der Waals surface area contributed by atoms with Crippen LogP contribution in [0, 0.1) is 5.92 Å². The van der Waals surface area contributed by atoms with Crippen molar-refractivity contribution >= 4 is 6.03 Å². The standard InChI is InChI=1S/C15H28N2O3/c1-2-20-14(13-5-3-4-6-13)7-8-16-15(18)17-9-11-19-12-10-17/h13-14H,2-12H2,1H3,(H,16,18)/t14-/m1/s1. The van der Waals surface area contributed by atoms with Crippen molar-refractivity contribution in [2.75, 3.05) is 39.5 Å². The van der Waals surface area contributed by atoms with Gasteiger partial charge >= 0.3 is 6.03 Å². The molecule has 116 valence electrons. The SMILES string of the molecule is CCO[C@H](CCNC(=O)N1CCOCC1)C1CCCC1. The summed E-state index contributed by atoms with van der Waals surface area (Å²) in [6.45, 7) is 6.21. The minimum Gasteiger partial charge on any atom is -0.378 e. The Kier molecular flexibility index (Phi) is 6.60. The summed E-state index contributed by atoms with van der Waals surface area (Å²) in [4.78, 5) is 13.8. The third-order valence-corrected chi connectivity index (χ3v) is 4.31. The fourth-order valence-electron chi connectivity index (χ4n) is 3.20. The van der Waals surface area contributed by atoms with E-state index in [0.717, 1.165) is 13.0 Å². The van der Waals surface area contributed by atoms with E-state index in [-0.39, 0.29) is 6.03 Å². The maximum absolute atomic E-state index is 12.0. The second kappa shape index (κ2) is 8.47. The van der Waals surface area contributed by atoms with Crippen LogP contribution < -0.4 is 5.32 Å². The molecule has 5 heteroatoms. The minimum atomic E-state index is 0.0370. The fraction of sp³-hybridized carbons (Fsp3) is 0.933. The average molecular weight is 284 g/mol. The van der Waals surface area contributed by atoms with Crippen molar-refractivity contribution in [3.05, 3.63) is 0 Å². The topological polar surface area (TPSA) is 50.8 Å². The van der Waals surface area contributed by atoms with Gasteiger partial charge in [-0.25, -0.2) is 4.79 Å². The van der Waals surface area contributed by atoms with Gasteiger partial charge in [0.1, 0.15) is 0 Å². The Bertz CT molecular complexity index is 287. The zero-order chi connectivity index (χ0) is 14.2. The highest BCUT2D eigenvalue weighted by Gasteiger charge is 2.25. The van der Waals surface area contributed by atoms with E-state index < -0.39 is 0 Å². The first kappa shape index (κ1) is 15.6. The molecule has 20 heavy (non-hydrogen) atoms. The Labute approximate surface area is 122 Å². The van der Waals surface area contributed by atoms with Crippen molar-refractivity contribution in [1.82, 2.24) is 10.2 Å². The van der Waals surface area contributed by atoms with Crippen LogP contribution in [0.25, 0.3) is 0 Å². The van der Waals surface area contributed by atoms with Gasteiger partial charge in [0.25, 0.3) is 0 Å². The van der Waals surface area contributed by atoms with Crippen LogP contribution in [0.1, 0.15) is 39.0 Å². The van der Waals surface area contributed by atoms with Gasteiger partial charge in [0.05, 0.1) is 19.3 Å². The molecule has 1 aliphatic heterocycles. The van der Waals surface area contributed by atoms with Gasteiger partial charge in [-0.3, -0.25) is 0 Å². The molecule has 5 nitrogen and oxygen atoms in total. The normalized spacial score (nSPS) is 21.9. The summed E-state index contributed by atoms with van der Waals surface area (Å²) in [5.74, 6) is 0.690. The number of amides is 2. The van der Waals surface area contributed by atoms with E-state index in [9.17, 15) is 4.79 Å². The van der Waals surface area contributed by atoms with Gasteiger partial charge in [-0.1, -0.05) is 12.8 Å². The molecule has 0 bridgehead atoms. The molecule has 1 saturated heterocycles. The number of urea groups is 1. The summed E-state index contributed by atoms with van der Waals surface area (Å²) >= 11 is 0. The van der Waals surface area contributed by atoms with Gasteiger partial charge in [-0.05, 0) is 32.1 Å². The first-order valence-electron chi connectivity index (χ1n) is 8.03. The third-order valence-electron chi connectivity index (χ3n) is 4.31. The molecule has 0 unspecified atom stereocenters. The molecule has 0 radical (unpaired) electrons. The fourth-order valence-corrected chi connectivity index (χ4v) is 3.20. The third kappa shape index (κ3) is 4.63. The minimum absolute atomic E-state index is 0.0370. The number of ether oxygens (including phenoxy) is 2. The summed E-state index contributed by atoms with van der Waals surface area (Å²) in [5.41, 5.74) is 0. The molecule has 2 rings (SSSR count). The Morgan fingerprint density at radius 3 is 2.70 bits per heavy atom. The molecule has 1 atom stereocenters. The number of hydrogen-bond acceptors (Lipinski definition) is 3. The maximum atomic E-state index is 12.0. The van der Waals surface area contributed by atoms with Crippen molar-refractivity contribution < 1.29 is 14.3 Å². The average Bonchev–Trinajstić information content (AvgIpc) is 3.01. The van der Waals surface area contributed by atoms with Gasteiger partial charge in [0.2, 0.25) is 0 Å². The van der Waals surface area contributed by atoms with E-state index >= 15 is 0 Å². The van der Waals surface area contributed by atoms with Crippen LogP contribution in [0.3, 0.4) is 0 Å². The second-order valence-corrected chi connectivity index (χ2v) is 5.66. The number of hydrogen-bond donors (Lipinski definition) is 1. The van der Waals surface area contributed by atoms with Crippen LogP contribution in [-0.4, -0.2) is 56.5 Å². The lowest BCUT2D eigenvalue weighted by atomic mass is 9.98. The number of nitrogens with zero attached hydrogens (tertiary/aromatic N) is 1. The molecule has 0 aromatic rings. The van der Waals surface area contributed by atoms with Crippen LogP contribution in [0.2, 0.25) is 0 Å². The van der Waals surface area contributed by atoms with Crippen molar-refractivity contribution in [3.63, 3.8) is 0 Å². The molecule has 2 aliphatic rings. The molecular formula is C15H28N2O3. The zero-order valence-corrected chi connectivity index (χ0v) is 12.6. The van der Waals surface area contributed by atoms with Gasteiger partial charge in [-0.15, -0.1) is 0 Å². The van der Waals surface area contributed by atoms with Crippen LogP contribution in [-0.2, 0) is 9.47 Å². The molecule has 2 amide bonds. The summed E-state index contributed by atoms with van der Waals surface area (Å²) < 4.78 is 11.1. The zero-order valence-electron chi connectivity index (χ0n) is 12.6. The molecular weight excluding hydrogens is 256 g/mol. The van der Waals surface area contributed by atoms with Crippen LogP contribution in [0.4, 0.5) is 4.79 Å². The maximum Gasteiger partial charge on any atom is 0.317 e. The quantitative estimate of drug-likeness (QED) is 0.812. The van der Waals surface area contributed by atoms with Gasteiger partial charge in [0, 0.05) is 26.2 Å². The number of nitrogens with one attached hydrogen (secondary N) is 1. The Balaban J connectivity index is 1.67. The van der Waals surface area contributed by atoms with Crippen molar-refractivity contribution in [2.24, 2.45) is 5.92 Å². The number of carbonyl (C=O) groups is 1. The first-order chi connectivity index (χ1) is 9.81. The Morgan fingerprint density at radius 2 is 2.05 bits per heavy atom. The molecule has 1 heterocycles. The van der Waals surface area contributed by atoms with Crippen LogP contribution >= 0.6 is 0 Å². The molecule has 1 saturated carbocycles. The highest BCUT2D eigenvalue weighted by atomic mass is 16.5. The lowest BCUT2D eigenvalue weighted by molar-refractivity contribution is 0.0160. The van der Waals surface area contributed by atoms with E-state index in [2.05, 4.69) is 5.32 Å². The molecule has 1 N–H and O–H groups in total. The second-order valence-electron chi connectivity index (χ2n) is 5.66. The van der Waals surface area contributed by atoms with E-state index in [1.54, 1.807) is 0 Å². The van der Waals surface area contributed by atoms with E-state index in [4.69, 9.17) is 9.47 Å². The monoisotopic (exact) mass is 284 g/mol. The predicted octanol–water partition coefficient (Wildman–Crippen LogP) is 2.01. The largest absolute Gasteiger partial charge is 0.378 e. The smallest absolute Gasteiger partial charge is 0.317 e. The van der Waals surface area contributed by atoms with Crippen molar-refractivity contribution in [1.29, 1.82) is 0 Å². The first-order valence-corrected chi connectivity index (χ1v) is 8.03. The Hall–Kier alpha value is -0.810. The van der Waals surface area contributed by atoms with Gasteiger partial charge < -0.3 is 19.7 Å². The number of rotatable bonds is 6. The number of carbonyl (C=O) groups excluding carboxylic acids is 1. The van der Waals surface area contributed by atoms with Crippen molar-refractivity contribution in [2.45, 2.75) is 45.1 Å². The molecule has 0 aromatic heterocycles. The highest BCUT2D eigenvalue weighted by molar-refractivity contribution is 5.74. The molecule has 2 fully saturated rings. The van der Waals surface area contributed by atoms with Gasteiger partial charge in [0.15, 0.2) is 0 Å². The molecule has 0 aromatic carbocycles. The highest BCUT2D eigenvalue weighted by Crippen LogP contribution is 2.30. The summed E-state index contributed by atoms with van der Waals surface area (Å²) in [6.07, 6.45) is 6.45. The van der Waals surface area contributed by atoms with Crippen LogP contribution in [0.5, 0.6) is 0 Å². The summed E-state index contributed by atoms with van der Waals surface area (Å²) in [6, 6.07) is 0.0370. The number of morpholine rings is 1. The van der Waals surface area contributed by atoms with E-state index in [1.807, 2.05) is 11.8 Å². The van der Waals surface area contributed by atoms with Crippen molar-refractivity contribution in [3.8, 4) is 0 Å². The van der Waals surface area contributed by atoms with E-state index in [0.29, 0.717) is 44.9 Å². The lowest BCUT2D eigenvalue weighted by Gasteiger charge is -2.28. The summed E-state index contributed by atoms with van der Waals surface area (Å²) in [5, 5.41) is 3.02. The van der Waals surface area contributed by atoms with Crippen LogP contribution in [0.15, 0.2) is 0 Å². The Morgan fingerprint density at radius 1 is 1.35 bits per heavy atom. The lowest BCUT2D eigenvalue weighted by Crippen LogP contribution is -2.46. The predicted molar refractivity (Wildman–Crippen MR) is 77.8 cm³/mol. The summed E-state index contributed by atoms with van der Waals surface area (Å²) in [7, 11) is 0. The van der Waals surface area contributed by atoms with Gasteiger partial charge in [-0.2, -0.15) is 0 Å². The molecule has 1 aliphatic carbocycles.